The van der Waals surface area contributed by atoms with Gasteiger partial charge in [0.05, 0.1) is 5.56 Å². The Morgan fingerprint density at radius 3 is 2.29 bits per heavy atom. The van der Waals surface area contributed by atoms with E-state index < -0.39 is 5.97 Å². The molecule has 1 N–H and O–H groups in total. The minimum absolute atomic E-state index is 0.308. The van der Waals surface area contributed by atoms with Gasteiger partial charge in [-0.15, -0.1) is 0 Å². The molecule has 0 aliphatic heterocycles. The van der Waals surface area contributed by atoms with Crippen molar-refractivity contribution in [3.63, 3.8) is 0 Å². The van der Waals surface area contributed by atoms with Crippen LogP contribution in [0.15, 0.2) is 78.9 Å². The minimum atomic E-state index is -0.912. The largest absolute Gasteiger partial charge is 0.489 e. The molecule has 4 aromatic carbocycles. The number of fused-ring (bicyclic) bond motifs is 1. The molecule has 0 unspecified atom stereocenters. The molecule has 0 radical (unpaired) electrons. The maximum absolute atomic E-state index is 11.7. The Balaban J connectivity index is 1.62. The van der Waals surface area contributed by atoms with Gasteiger partial charge < -0.3 is 9.84 Å². The maximum Gasteiger partial charge on any atom is 0.335 e. The summed E-state index contributed by atoms with van der Waals surface area (Å²) in [5.41, 5.74) is 6.19. The van der Waals surface area contributed by atoms with Crippen LogP contribution in [-0.2, 0) is 19.4 Å². The van der Waals surface area contributed by atoms with Gasteiger partial charge in [-0.1, -0.05) is 54.6 Å². The fourth-order valence-electron chi connectivity index (χ4n) is 4.00. The number of carboxylic acid groups (broad SMARTS) is 1. The van der Waals surface area contributed by atoms with Crippen LogP contribution in [0.2, 0.25) is 0 Å². The van der Waals surface area contributed by atoms with Crippen LogP contribution < -0.4 is 4.74 Å². The molecule has 3 heteroatoms. The van der Waals surface area contributed by atoms with Gasteiger partial charge in [0, 0.05) is 0 Å². The molecular weight excluding hydrogens is 384 g/mol. The highest BCUT2D eigenvalue weighted by Crippen LogP contribution is 2.28. The van der Waals surface area contributed by atoms with E-state index in [4.69, 9.17) is 4.74 Å². The molecule has 0 saturated heterocycles. The van der Waals surface area contributed by atoms with E-state index in [1.807, 2.05) is 36.4 Å². The second-order valence-electron chi connectivity index (χ2n) is 7.97. The summed E-state index contributed by atoms with van der Waals surface area (Å²) >= 11 is 0. The number of ether oxygens (including phenoxy) is 1. The van der Waals surface area contributed by atoms with E-state index in [2.05, 4.69) is 44.2 Å². The van der Waals surface area contributed by atoms with Crippen molar-refractivity contribution in [3.8, 4) is 5.75 Å². The normalized spacial score (nSPS) is 10.9. The average molecular weight is 411 g/mol. The first-order valence-corrected chi connectivity index (χ1v) is 10.5. The van der Waals surface area contributed by atoms with Crippen LogP contribution in [-0.4, -0.2) is 11.1 Å². The first-order chi connectivity index (χ1) is 15.0. The molecule has 0 saturated carbocycles. The number of benzene rings is 4. The highest BCUT2D eigenvalue weighted by Gasteiger charge is 2.11. The molecule has 156 valence electrons. The van der Waals surface area contributed by atoms with E-state index in [1.165, 1.54) is 22.3 Å². The molecule has 0 aliphatic rings. The Bertz CT molecular complexity index is 1210. The van der Waals surface area contributed by atoms with Gasteiger partial charge >= 0.3 is 5.97 Å². The van der Waals surface area contributed by atoms with Gasteiger partial charge in [-0.3, -0.25) is 0 Å². The highest BCUT2D eigenvalue weighted by atomic mass is 16.5. The summed E-state index contributed by atoms with van der Waals surface area (Å²) < 4.78 is 6.08. The van der Waals surface area contributed by atoms with Gasteiger partial charge in [-0.25, -0.2) is 4.79 Å². The van der Waals surface area contributed by atoms with E-state index in [-0.39, 0.29) is 0 Å². The number of aromatic carboxylic acids is 1. The molecule has 0 fully saturated rings. The van der Waals surface area contributed by atoms with Gasteiger partial charge in [-0.2, -0.15) is 0 Å². The lowest BCUT2D eigenvalue weighted by molar-refractivity contribution is 0.0697. The lowest BCUT2D eigenvalue weighted by Crippen LogP contribution is -2.02. The van der Waals surface area contributed by atoms with Gasteiger partial charge in [0.2, 0.25) is 0 Å². The summed E-state index contributed by atoms with van der Waals surface area (Å²) in [4.78, 5) is 11.7. The van der Waals surface area contributed by atoms with Crippen LogP contribution in [0.25, 0.3) is 10.8 Å². The first-order valence-electron chi connectivity index (χ1n) is 10.5. The Hall–Kier alpha value is -3.59. The molecule has 4 rings (SSSR count). The number of hydrogen-bond donors (Lipinski definition) is 1. The number of aryl methyl sites for hydroxylation is 4. The molecule has 0 aliphatic carbocycles. The summed E-state index contributed by atoms with van der Waals surface area (Å²) in [7, 11) is 0. The number of carboxylic acids is 1. The summed E-state index contributed by atoms with van der Waals surface area (Å²) in [5, 5.41) is 11.6. The van der Waals surface area contributed by atoms with E-state index >= 15 is 0 Å². The van der Waals surface area contributed by atoms with E-state index in [9.17, 15) is 9.90 Å². The van der Waals surface area contributed by atoms with Crippen LogP contribution in [0, 0.1) is 13.8 Å². The average Bonchev–Trinajstić information content (AvgIpc) is 2.77. The summed E-state index contributed by atoms with van der Waals surface area (Å²) in [5.74, 6) is -0.170. The smallest absolute Gasteiger partial charge is 0.335 e. The van der Waals surface area contributed by atoms with Crippen molar-refractivity contribution in [1.29, 1.82) is 0 Å². The Morgan fingerprint density at radius 1 is 0.839 bits per heavy atom. The maximum atomic E-state index is 11.7. The van der Waals surface area contributed by atoms with Gasteiger partial charge in [-0.05, 0) is 89.5 Å². The SMILES string of the molecule is Cc1cccc(C)c1COc1ccc2c(CCc3ccccc3)cc(C(=O)O)cc2c1. The van der Waals surface area contributed by atoms with Crippen molar-refractivity contribution in [1.82, 2.24) is 0 Å². The van der Waals surface area contributed by atoms with Crippen molar-refractivity contribution in [3.05, 3.63) is 112 Å². The fraction of sp³-hybridized carbons (Fsp3) is 0.179. The first kappa shape index (κ1) is 20.7. The predicted molar refractivity (Wildman–Crippen MR) is 125 cm³/mol. The van der Waals surface area contributed by atoms with E-state index in [0.717, 1.165) is 34.9 Å². The minimum Gasteiger partial charge on any atom is -0.489 e. The van der Waals surface area contributed by atoms with Gasteiger partial charge in [0.15, 0.2) is 0 Å². The lowest BCUT2D eigenvalue weighted by Gasteiger charge is -2.14. The standard InChI is InChI=1S/C28H26O3/c1-19-7-6-8-20(2)27(19)18-31-25-13-14-26-22(12-11-21-9-4-3-5-10-21)15-24(28(29)30)16-23(26)17-25/h3-10,13-17H,11-12,18H2,1-2H3,(H,29,30). The number of rotatable bonds is 7. The molecule has 31 heavy (non-hydrogen) atoms. The van der Waals surface area contributed by atoms with Crippen LogP contribution in [0.1, 0.15) is 38.2 Å². The van der Waals surface area contributed by atoms with E-state index in [0.29, 0.717) is 12.2 Å². The monoisotopic (exact) mass is 410 g/mol. The highest BCUT2D eigenvalue weighted by molar-refractivity contribution is 5.96. The Kier molecular flexibility index (Phi) is 6.03. The molecule has 0 atom stereocenters. The van der Waals surface area contributed by atoms with E-state index in [1.54, 1.807) is 12.1 Å². The summed E-state index contributed by atoms with van der Waals surface area (Å²) in [6.07, 6.45) is 1.65. The molecule has 0 aromatic heterocycles. The van der Waals surface area contributed by atoms with Crippen LogP contribution >= 0.6 is 0 Å². The second kappa shape index (κ2) is 9.05. The zero-order valence-corrected chi connectivity index (χ0v) is 17.9. The zero-order chi connectivity index (χ0) is 21.8. The number of carbonyl (C=O) groups is 1. The molecule has 0 heterocycles. The van der Waals surface area contributed by atoms with Crippen molar-refractivity contribution < 1.29 is 14.6 Å². The van der Waals surface area contributed by atoms with Crippen LogP contribution in [0.4, 0.5) is 0 Å². The zero-order valence-electron chi connectivity index (χ0n) is 17.9. The Labute approximate surface area is 182 Å². The molecule has 0 amide bonds. The predicted octanol–water partition coefficient (Wildman–Crippen LogP) is 6.52. The van der Waals surface area contributed by atoms with Crippen molar-refractivity contribution in [2.24, 2.45) is 0 Å². The number of hydrogen-bond acceptors (Lipinski definition) is 2. The fourth-order valence-corrected chi connectivity index (χ4v) is 4.00. The third-order valence-electron chi connectivity index (χ3n) is 5.81. The molecule has 3 nitrogen and oxygen atoms in total. The third kappa shape index (κ3) is 4.77. The summed E-state index contributed by atoms with van der Waals surface area (Å²) in [6, 6.07) is 26.0. The molecular formula is C28H26O3. The lowest BCUT2D eigenvalue weighted by atomic mass is 9.96. The van der Waals surface area contributed by atoms with Crippen molar-refractivity contribution in [2.75, 3.05) is 0 Å². The molecule has 4 aromatic rings. The topological polar surface area (TPSA) is 46.5 Å². The van der Waals surface area contributed by atoms with Crippen molar-refractivity contribution >= 4 is 16.7 Å². The van der Waals surface area contributed by atoms with Gasteiger partial charge in [0.1, 0.15) is 12.4 Å². The van der Waals surface area contributed by atoms with Crippen molar-refractivity contribution in [2.45, 2.75) is 33.3 Å². The third-order valence-corrected chi connectivity index (χ3v) is 5.81. The molecule has 0 bridgehead atoms. The van der Waals surface area contributed by atoms with Gasteiger partial charge in [0.25, 0.3) is 0 Å². The van der Waals surface area contributed by atoms with Crippen LogP contribution in [0.5, 0.6) is 5.75 Å². The summed E-state index contributed by atoms with van der Waals surface area (Å²) in [6.45, 7) is 4.66. The van der Waals surface area contributed by atoms with Crippen LogP contribution in [0.3, 0.4) is 0 Å². The Morgan fingerprint density at radius 2 is 1.58 bits per heavy atom. The molecule has 0 spiro atoms. The quantitative estimate of drug-likeness (QED) is 0.377. The second-order valence-corrected chi connectivity index (χ2v) is 7.97.